The summed E-state index contributed by atoms with van der Waals surface area (Å²) in [4.78, 5) is 28.5. The van der Waals surface area contributed by atoms with Crippen LogP contribution >= 0.6 is 0 Å². The van der Waals surface area contributed by atoms with E-state index in [1.54, 1.807) is 12.1 Å². The Morgan fingerprint density at radius 1 is 1.03 bits per heavy atom. The molecular formula is C24H19N3O3. The number of aryl methyl sites for hydroxylation is 1. The number of carbonyl (C=O) groups is 1. The molecule has 0 amide bonds. The standard InChI is InChI=1S/C24H19N3O3/c1-16-14-18(12-13-22(29)30)26-24-23(16)20(28)15-21(25-17-8-4-2-5-9-17)27(24)19-10-6-3-7-11-19/h2-15,25H,1H3,(H,29,30). The monoisotopic (exact) mass is 397 g/mol. The molecule has 0 saturated carbocycles. The number of carboxylic acid groups (broad SMARTS) is 1. The van der Waals surface area contributed by atoms with Crippen molar-refractivity contribution in [3.8, 4) is 5.69 Å². The second-order valence-corrected chi connectivity index (χ2v) is 6.79. The molecule has 0 spiro atoms. The number of carboxylic acids is 1. The summed E-state index contributed by atoms with van der Waals surface area (Å²) in [5.41, 5.74) is 3.15. The lowest BCUT2D eigenvalue weighted by Crippen LogP contribution is -2.15. The van der Waals surface area contributed by atoms with Crippen molar-refractivity contribution in [1.82, 2.24) is 9.55 Å². The normalized spacial score (nSPS) is 11.1. The first-order valence-electron chi connectivity index (χ1n) is 9.39. The third-order valence-corrected chi connectivity index (χ3v) is 4.64. The van der Waals surface area contributed by atoms with Crippen molar-refractivity contribution in [3.05, 3.63) is 100 Å². The molecule has 2 aromatic heterocycles. The van der Waals surface area contributed by atoms with Crippen molar-refractivity contribution >= 4 is 34.6 Å². The Balaban J connectivity index is 2.03. The lowest BCUT2D eigenvalue weighted by molar-refractivity contribution is -0.131. The fourth-order valence-corrected chi connectivity index (χ4v) is 3.36. The average Bonchev–Trinajstić information content (AvgIpc) is 2.73. The number of fused-ring (bicyclic) bond motifs is 1. The second-order valence-electron chi connectivity index (χ2n) is 6.79. The molecule has 6 nitrogen and oxygen atoms in total. The Morgan fingerprint density at radius 2 is 1.70 bits per heavy atom. The Labute approximate surface area is 172 Å². The van der Waals surface area contributed by atoms with Crippen molar-refractivity contribution in [1.29, 1.82) is 0 Å². The second kappa shape index (κ2) is 8.05. The Kier molecular flexibility index (Phi) is 5.13. The summed E-state index contributed by atoms with van der Waals surface area (Å²) in [5.74, 6) is -0.495. The van der Waals surface area contributed by atoms with Crippen molar-refractivity contribution in [2.24, 2.45) is 0 Å². The molecular weight excluding hydrogens is 378 g/mol. The average molecular weight is 397 g/mol. The number of pyridine rings is 2. The summed E-state index contributed by atoms with van der Waals surface area (Å²) in [5, 5.41) is 12.8. The zero-order valence-corrected chi connectivity index (χ0v) is 16.2. The van der Waals surface area contributed by atoms with Gasteiger partial charge in [0.15, 0.2) is 11.1 Å². The van der Waals surface area contributed by atoms with Crippen LogP contribution in [0.5, 0.6) is 0 Å². The van der Waals surface area contributed by atoms with Crippen LogP contribution < -0.4 is 10.7 Å². The molecule has 0 radical (unpaired) electrons. The molecule has 0 saturated heterocycles. The zero-order valence-electron chi connectivity index (χ0n) is 16.2. The molecule has 148 valence electrons. The van der Waals surface area contributed by atoms with E-state index < -0.39 is 5.97 Å². The summed E-state index contributed by atoms with van der Waals surface area (Å²) in [6.45, 7) is 1.82. The van der Waals surface area contributed by atoms with Gasteiger partial charge in [-0.05, 0) is 48.9 Å². The highest BCUT2D eigenvalue weighted by Gasteiger charge is 2.15. The summed E-state index contributed by atoms with van der Waals surface area (Å²) in [6.07, 6.45) is 2.45. The molecule has 0 atom stereocenters. The van der Waals surface area contributed by atoms with Gasteiger partial charge in [-0.1, -0.05) is 36.4 Å². The van der Waals surface area contributed by atoms with Gasteiger partial charge in [-0.3, -0.25) is 9.36 Å². The number of hydrogen-bond donors (Lipinski definition) is 2. The highest BCUT2D eigenvalue weighted by Crippen LogP contribution is 2.26. The van der Waals surface area contributed by atoms with Gasteiger partial charge in [0.05, 0.1) is 11.1 Å². The SMILES string of the molecule is Cc1cc(C=CC(=O)O)nc2c1c(=O)cc(Nc1ccccc1)n2-c1ccccc1. The van der Waals surface area contributed by atoms with Gasteiger partial charge in [0.1, 0.15) is 5.82 Å². The maximum absolute atomic E-state index is 13.0. The van der Waals surface area contributed by atoms with E-state index in [0.717, 1.165) is 23.0 Å². The minimum atomic E-state index is -1.06. The number of aliphatic carboxylic acids is 1. The Hall–Kier alpha value is -4.19. The number of rotatable bonds is 5. The fourth-order valence-electron chi connectivity index (χ4n) is 3.36. The van der Waals surface area contributed by atoms with Gasteiger partial charge in [-0.15, -0.1) is 0 Å². The van der Waals surface area contributed by atoms with Crippen LogP contribution in [0.2, 0.25) is 0 Å². The molecule has 4 rings (SSSR count). The van der Waals surface area contributed by atoms with Crippen LogP contribution in [0.3, 0.4) is 0 Å². The predicted octanol–water partition coefficient (Wildman–Crippen LogP) is 4.54. The fraction of sp³-hybridized carbons (Fsp3) is 0.0417. The van der Waals surface area contributed by atoms with Gasteiger partial charge in [-0.2, -0.15) is 0 Å². The minimum Gasteiger partial charge on any atom is -0.478 e. The highest BCUT2D eigenvalue weighted by molar-refractivity contribution is 5.87. The number of nitrogens with zero attached hydrogens (tertiary/aromatic N) is 2. The molecule has 0 aliphatic heterocycles. The number of hydrogen-bond acceptors (Lipinski definition) is 4. The summed E-state index contributed by atoms with van der Waals surface area (Å²) < 4.78 is 1.87. The lowest BCUT2D eigenvalue weighted by atomic mass is 10.1. The smallest absolute Gasteiger partial charge is 0.328 e. The molecule has 0 fully saturated rings. The first-order valence-corrected chi connectivity index (χ1v) is 9.39. The molecule has 0 aliphatic rings. The van der Waals surface area contributed by atoms with Crippen LogP contribution in [-0.2, 0) is 4.79 Å². The quantitative estimate of drug-likeness (QED) is 0.483. The van der Waals surface area contributed by atoms with E-state index in [9.17, 15) is 9.59 Å². The van der Waals surface area contributed by atoms with Crippen molar-refractivity contribution in [2.75, 3.05) is 5.32 Å². The molecule has 2 N–H and O–H groups in total. The van der Waals surface area contributed by atoms with Gasteiger partial charge in [0.2, 0.25) is 0 Å². The highest BCUT2D eigenvalue weighted by atomic mass is 16.4. The molecule has 30 heavy (non-hydrogen) atoms. The third-order valence-electron chi connectivity index (χ3n) is 4.64. The Bertz CT molecular complexity index is 1310. The van der Waals surface area contributed by atoms with E-state index in [4.69, 9.17) is 5.11 Å². The first kappa shape index (κ1) is 19.1. The maximum Gasteiger partial charge on any atom is 0.328 e. The molecule has 0 aliphatic carbocycles. The van der Waals surface area contributed by atoms with E-state index in [2.05, 4.69) is 10.3 Å². The van der Waals surface area contributed by atoms with E-state index in [1.165, 1.54) is 6.08 Å². The topological polar surface area (TPSA) is 84.2 Å². The van der Waals surface area contributed by atoms with E-state index in [1.807, 2.05) is 72.2 Å². The van der Waals surface area contributed by atoms with Crippen LogP contribution in [0.1, 0.15) is 11.3 Å². The number of benzene rings is 2. The van der Waals surface area contributed by atoms with Crippen LogP contribution in [0.4, 0.5) is 11.5 Å². The molecule has 0 unspecified atom stereocenters. The van der Waals surface area contributed by atoms with Crippen LogP contribution in [-0.4, -0.2) is 20.6 Å². The van der Waals surface area contributed by atoms with Gasteiger partial charge in [0, 0.05) is 23.5 Å². The number of nitrogens with one attached hydrogen (secondary N) is 1. The lowest BCUT2D eigenvalue weighted by Gasteiger charge is -2.18. The summed E-state index contributed by atoms with van der Waals surface area (Å²) >= 11 is 0. The van der Waals surface area contributed by atoms with Gasteiger partial charge in [0.25, 0.3) is 0 Å². The minimum absolute atomic E-state index is 0.158. The number of aromatic nitrogens is 2. The van der Waals surface area contributed by atoms with Gasteiger partial charge < -0.3 is 10.4 Å². The Morgan fingerprint density at radius 3 is 2.37 bits per heavy atom. The van der Waals surface area contributed by atoms with Crippen molar-refractivity contribution < 1.29 is 9.90 Å². The number of para-hydroxylation sites is 2. The van der Waals surface area contributed by atoms with E-state index in [-0.39, 0.29) is 5.43 Å². The molecule has 0 bridgehead atoms. The van der Waals surface area contributed by atoms with Crippen molar-refractivity contribution in [2.45, 2.75) is 6.92 Å². The summed E-state index contributed by atoms with van der Waals surface area (Å²) in [6, 6.07) is 22.4. The third kappa shape index (κ3) is 3.84. The van der Waals surface area contributed by atoms with E-state index in [0.29, 0.717) is 22.5 Å². The maximum atomic E-state index is 13.0. The van der Waals surface area contributed by atoms with Crippen LogP contribution in [0.25, 0.3) is 22.8 Å². The van der Waals surface area contributed by atoms with Crippen LogP contribution in [0, 0.1) is 6.92 Å². The predicted molar refractivity (Wildman–Crippen MR) is 118 cm³/mol. The van der Waals surface area contributed by atoms with E-state index >= 15 is 0 Å². The molecule has 2 aromatic carbocycles. The zero-order chi connectivity index (χ0) is 21.1. The largest absolute Gasteiger partial charge is 0.478 e. The summed E-state index contributed by atoms with van der Waals surface area (Å²) in [7, 11) is 0. The van der Waals surface area contributed by atoms with Gasteiger partial charge >= 0.3 is 5.97 Å². The van der Waals surface area contributed by atoms with Crippen molar-refractivity contribution in [3.63, 3.8) is 0 Å². The van der Waals surface area contributed by atoms with Gasteiger partial charge in [-0.25, -0.2) is 9.78 Å². The van der Waals surface area contributed by atoms with Crippen LogP contribution in [0.15, 0.2) is 83.7 Å². The first-order chi connectivity index (χ1) is 14.5. The molecule has 4 aromatic rings. The molecule has 6 heteroatoms. The number of anilines is 2. The molecule has 2 heterocycles.